The smallest absolute Gasteiger partial charge is 0.0525 e. The number of hydrogen-bond acceptors (Lipinski definition) is 3. The number of aliphatic hydroxyl groups excluding tert-OH is 1. The van der Waals surface area contributed by atoms with Crippen molar-refractivity contribution in [1.82, 2.24) is 5.32 Å². The fourth-order valence-corrected chi connectivity index (χ4v) is 2.01. The first kappa shape index (κ1) is 13.6. The van der Waals surface area contributed by atoms with Gasteiger partial charge < -0.3 is 10.4 Å². The molecule has 0 aliphatic rings. The van der Waals surface area contributed by atoms with E-state index in [2.05, 4.69) is 50.4 Å². The maximum atomic E-state index is 8.77. The molecule has 2 N–H and O–H groups in total. The minimum Gasteiger partial charge on any atom is -0.396 e. The summed E-state index contributed by atoms with van der Waals surface area (Å²) in [6, 6.07) is 8.46. The van der Waals surface area contributed by atoms with E-state index in [-0.39, 0.29) is 12.1 Å². The SMILES string of the molecule is CC(C)(C)NCc1cccc(SCCO)c1. The molecule has 0 amide bonds. The zero-order valence-electron chi connectivity index (χ0n) is 10.3. The molecule has 0 radical (unpaired) electrons. The molecule has 0 unspecified atom stereocenters. The van der Waals surface area contributed by atoms with Gasteiger partial charge in [0.15, 0.2) is 0 Å². The standard InChI is InChI=1S/C13H21NOS/c1-13(2,3)14-10-11-5-4-6-12(9-11)16-8-7-15/h4-6,9,14-15H,7-8,10H2,1-3H3. The molecule has 0 aliphatic carbocycles. The van der Waals surface area contributed by atoms with Crippen LogP contribution in [0.5, 0.6) is 0 Å². The average Bonchev–Trinajstić information content (AvgIpc) is 2.23. The van der Waals surface area contributed by atoms with Crippen molar-refractivity contribution in [2.75, 3.05) is 12.4 Å². The lowest BCUT2D eigenvalue weighted by Crippen LogP contribution is -2.35. The second-order valence-electron chi connectivity index (χ2n) is 4.82. The van der Waals surface area contributed by atoms with Crippen LogP contribution in [0.15, 0.2) is 29.2 Å². The highest BCUT2D eigenvalue weighted by Crippen LogP contribution is 2.18. The van der Waals surface area contributed by atoms with Gasteiger partial charge in [-0.3, -0.25) is 0 Å². The zero-order chi connectivity index (χ0) is 12.0. The van der Waals surface area contributed by atoms with Gasteiger partial charge in [-0.25, -0.2) is 0 Å². The highest BCUT2D eigenvalue weighted by atomic mass is 32.2. The maximum absolute atomic E-state index is 8.77. The summed E-state index contributed by atoms with van der Waals surface area (Å²) in [5, 5.41) is 12.2. The maximum Gasteiger partial charge on any atom is 0.0525 e. The molecule has 3 heteroatoms. The minimum absolute atomic E-state index is 0.147. The highest BCUT2D eigenvalue weighted by Gasteiger charge is 2.08. The lowest BCUT2D eigenvalue weighted by Gasteiger charge is -2.20. The van der Waals surface area contributed by atoms with E-state index in [0.29, 0.717) is 0 Å². The number of nitrogens with one attached hydrogen (secondary N) is 1. The molecule has 0 aliphatic heterocycles. The van der Waals surface area contributed by atoms with Crippen molar-refractivity contribution < 1.29 is 5.11 Å². The Morgan fingerprint density at radius 3 is 2.69 bits per heavy atom. The van der Waals surface area contributed by atoms with E-state index in [9.17, 15) is 0 Å². The van der Waals surface area contributed by atoms with Crippen LogP contribution in [0, 0.1) is 0 Å². The van der Waals surface area contributed by atoms with Gasteiger partial charge >= 0.3 is 0 Å². The van der Waals surface area contributed by atoms with Crippen molar-refractivity contribution >= 4 is 11.8 Å². The number of aliphatic hydroxyl groups is 1. The predicted molar refractivity (Wildman–Crippen MR) is 70.8 cm³/mol. The van der Waals surface area contributed by atoms with Crippen LogP contribution in [0.2, 0.25) is 0 Å². The Morgan fingerprint density at radius 2 is 2.06 bits per heavy atom. The zero-order valence-corrected chi connectivity index (χ0v) is 11.1. The van der Waals surface area contributed by atoms with Gasteiger partial charge in [0.1, 0.15) is 0 Å². The summed E-state index contributed by atoms with van der Waals surface area (Å²) in [5.41, 5.74) is 1.44. The Kier molecular flexibility index (Phi) is 5.32. The van der Waals surface area contributed by atoms with Gasteiger partial charge in [-0.1, -0.05) is 12.1 Å². The molecule has 1 aromatic carbocycles. The van der Waals surface area contributed by atoms with Crippen LogP contribution in [-0.4, -0.2) is 23.0 Å². The van der Waals surface area contributed by atoms with Crippen LogP contribution >= 0.6 is 11.8 Å². The van der Waals surface area contributed by atoms with Crippen LogP contribution in [0.4, 0.5) is 0 Å². The van der Waals surface area contributed by atoms with Crippen molar-refractivity contribution in [2.45, 2.75) is 37.8 Å². The molecule has 1 aromatic rings. The monoisotopic (exact) mass is 239 g/mol. The molecular weight excluding hydrogens is 218 g/mol. The molecule has 0 spiro atoms. The Bertz CT molecular complexity index is 320. The molecule has 90 valence electrons. The van der Waals surface area contributed by atoms with Crippen LogP contribution in [0.1, 0.15) is 26.3 Å². The first-order chi connectivity index (χ1) is 7.51. The summed E-state index contributed by atoms with van der Waals surface area (Å²) < 4.78 is 0. The molecule has 0 saturated heterocycles. The summed E-state index contributed by atoms with van der Waals surface area (Å²) in [4.78, 5) is 1.22. The van der Waals surface area contributed by atoms with E-state index in [1.807, 2.05) is 0 Å². The van der Waals surface area contributed by atoms with E-state index < -0.39 is 0 Å². The Balaban J connectivity index is 2.53. The van der Waals surface area contributed by atoms with Gasteiger partial charge in [-0.15, -0.1) is 11.8 Å². The fraction of sp³-hybridized carbons (Fsp3) is 0.538. The van der Waals surface area contributed by atoms with Crippen molar-refractivity contribution in [2.24, 2.45) is 0 Å². The van der Waals surface area contributed by atoms with E-state index in [4.69, 9.17) is 5.11 Å². The molecule has 16 heavy (non-hydrogen) atoms. The first-order valence-electron chi connectivity index (χ1n) is 5.59. The minimum atomic E-state index is 0.147. The molecule has 0 bridgehead atoms. The van der Waals surface area contributed by atoms with Gasteiger partial charge in [0, 0.05) is 22.7 Å². The Labute approximate surface area is 102 Å². The van der Waals surface area contributed by atoms with E-state index in [0.717, 1.165) is 12.3 Å². The first-order valence-corrected chi connectivity index (χ1v) is 6.57. The van der Waals surface area contributed by atoms with Gasteiger partial charge in [0.05, 0.1) is 6.61 Å². The third-order valence-corrected chi connectivity index (χ3v) is 3.06. The van der Waals surface area contributed by atoms with Crippen molar-refractivity contribution in [1.29, 1.82) is 0 Å². The Morgan fingerprint density at radius 1 is 1.31 bits per heavy atom. The average molecular weight is 239 g/mol. The molecule has 0 heterocycles. The van der Waals surface area contributed by atoms with Crippen molar-refractivity contribution in [3.05, 3.63) is 29.8 Å². The van der Waals surface area contributed by atoms with E-state index in [1.165, 1.54) is 10.5 Å². The summed E-state index contributed by atoms with van der Waals surface area (Å²) in [5.74, 6) is 0.760. The molecule has 0 saturated carbocycles. The second-order valence-corrected chi connectivity index (χ2v) is 5.99. The number of rotatable bonds is 5. The lowest BCUT2D eigenvalue weighted by atomic mass is 10.1. The summed E-state index contributed by atoms with van der Waals surface area (Å²) >= 11 is 1.69. The molecule has 2 nitrogen and oxygen atoms in total. The normalized spacial score (nSPS) is 11.8. The third-order valence-electron chi connectivity index (χ3n) is 2.08. The van der Waals surface area contributed by atoms with Gasteiger partial charge in [0.2, 0.25) is 0 Å². The number of thioether (sulfide) groups is 1. The summed E-state index contributed by atoms with van der Waals surface area (Å²) in [6.45, 7) is 7.61. The highest BCUT2D eigenvalue weighted by molar-refractivity contribution is 7.99. The molecule has 0 aromatic heterocycles. The third kappa shape index (κ3) is 5.54. The van der Waals surface area contributed by atoms with Crippen LogP contribution in [0.25, 0.3) is 0 Å². The summed E-state index contributed by atoms with van der Waals surface area (Å²) in [6.07, 6.45) is 0. The van der Waals surface area contributed by atoms with E-state index in [1.54, 1.807) is 11.8 Å². The fourth-order valence-electron chi connectivity index (χ4n) is 1.28. The predicted octanol–water partition coefficient (Wildman–Crippen LogP) is 2.66. The van der Waals surface area contributed by atoms with Crippen molar-refractivity contribution in [3.63, 3.8) is 0 Å². The molecule has 1 rings (SSSR count). The van der Waals surface area contributed by atoms with Crippen LogP contribution < -0.4 is 5.32 Å². The van der Waals surface area contributed by atoms with Gasteiger partial charge in [-0.05, 0) is 38.5 Å². The quantitative estimate of drug-likeness (QED) is 0.775. The number of hydrogen-bond donors (Lipinski definition) is 2. The molecular formula is C13H21NOS. The topological polar surface area (TPSA) is 32.3 Å². The Hall–Kier alpha value is -0.510. The molecule has 0 atom stereocenters. The van der Waals surface area contributed by atoms with Gasteiger partial charge in [0.25, 0.3) is 0 Å². The van der Waals surface area contributed by atoms with Crippen LogP contribution in [-0.2, 0) is 6.54 Å². The largest absolute Gasteiger partial charge is 0.396 e. The van der Waals surface area contributed by atoms with Crippen molar-refractivity contribution in [3.8, 4) is 0 Å². The molecule has 0 fully saturated rings. The van der Waals surface area contributed by atoms with Gasteiger partial charge in [-0.2, -0.15) is 0 Å². The van der Waals surface area contributed by atoms with Crippen LogP contribution in [0.3, 0.4) is 0 Å². The second kappa shape index (κ2) is 6.28. The van der Waals surface area contributed by atoms with E-state index >= 15 is 0 Å². The summed E-state index contributed by atoms with van der Waals surface area (Å²) in [7, 11) is 0. The lowest BCUT2D eigenvalue weighted by molar-refractivity contribution is 0.322. The number of benzene rings is 1.